The standard InChI is InChI=1S/C25H32Cl2N4O2/c26-21-4-3-5-22(25(21)27)30-15-13-29(14-16-30)11-1-2-17-33-20-8-6-19-7-9-24(32)31(12-10-28)23(19)18-20/h3-6,8,18H,1-2,7,9-17,28H2. The van der Waals surface area contributed by atoms with Crippen molar-refractivity contribution in [1.82, 2.24) is 4.90 Å². The molecule has 0 atom stereocenters. The first kappa shape index (κ1) is 24.1. The Morgan fingerprint density at radius 1 is 0.939 bits per heavy atom. The summed E-state index contributed by atoms with van der Waals surface area (Å²) in [6.07, 6.45) is 3.41. The molecule has 2 aliphatic heterocycles. The zero-order valence-corrected chi connectivity index (χ0v) is 20.5. The molecular weight excluding hydrogens is 459 g/mol. The average molecular weight is 491 g/mol. The van der Waals surface area contributed by atoms with Gasteiger partial charge in [-0.05, 0) is 49.6 Å². The van der Waals surface area contributed by atoms with E-state index in [1.54, 1.807) is 4.90 Å². The first-order chi connectivity index (χ1) is 16.1. The number of fused-ring (bicyclic) bond motifs is 1. The van der Waals surface area contributed by atoms with E-state index in [0.717, 1.165) is 69.1 Å². The third-order valence-electron chi connectivity index (χ3n) is 6.39. The maximum Gasteiger partial charge on any atom is 0.227 e. The molecule has 0 unspecified atom stereocenters. The van der Waals surface area contributed by atoms with Gasteiger partial charge in [-0.1, -0.05) is 35.3 Å². The Hall–Kier alpha value is -1.99. The van der Waals surface area contributed by atoms with Crippen molar-refractivity contribution in [2.24, 2.45) is 5.73 Å². The smallest absolute Gasteiger partial charge is 0.227 e. The van der Waals surface area contributed by atoms with Crippen molar-refractivity contribution in [1.29, 1.82) is 0 Å². The van der Waals surface area contributed by atoms with Crippen molar-refractivity contribution < 1.29 is 9.53 Å². The highest BCUT2D eigenvalue weighted by Gasteiger charge is 2.24. The van der Waals surface area contributed by atoms with Crippen LogP contribution >= 0.6 is 23.2 Å². The fourth-order valence-corrected chi connectivity index (χ4v) is 4.97. The lowest BCUT2D eigenvalue weighted by Crippen LogP contribution is -2.46. The van der Waals surface area contributed by atoms with Gasteiger partial charge in [0.05, 0.1) is 28.0 Å². The Labute approximate surface area is 206 Å². The van der Waals surface area contributed by atoms with Crippen LogP contribution in [0.3, 0.4) is 0 Å². The van der Waals surface area contributed by atoms with Crippen LogP contribution in [0.2, 0.25) is 10.0 Å². The summed E-state index contributed by atoms with van der Waals surface area (Å²) >= 11 is 12.5. The third-order valence-corrected chi connectivity index (χ3v) is 7.20. The summed E-state index contributed by atoms with van der Waals surface area (Å²) in [5.74, 6) is 0.959. The predicted molar refractivity (Wildman–Crippen MR) is 136 cm³/mol. The maximum absolute atomic E-state index is 12.2. The minimum Gasteiger partial charge on any atom is -0.494 e. The second-order valence-electron chi connectivity index (χ2n) is 8.58. The van der Waals surface area contributed by atoms with Gasteiger partial charge in [0.1, 0.15) is 5.75 Å². The van der Waals surface area contributed by atoms with E-state index in [-0.39, 0.29) is 5.91 Å². The molecule has 2 aromatic rings. The summed E-state index contributed by atoms with van der Waals surface area (Å²) in [4.78, 5) is 18.8. The first-order valence-electron chi connectivity index (χ1n) is 11.7. The molecule has 0 saturated carbocycles. The number of carbonyl (C=O) groups is 1. The van der Waals surface area contributed by atoms with Crippen LogP contribution in [0, 0.1) is 0 Å². The van der Waals surface area contributed by atoms with Gasteiger partial charge in [0.25, 0.3) is 0 Å². The van der Waals surface area contributed by atoms with E-state index in [4.69, 9.17) is 33.7 Å². The van der Waals surface area contributed by atoms with Gasteiger partial charge in [-0.25, -0.2) is 0 Å². The molecule has 0 bridgehead atoms. The van der Waals surface area contributed by atoms with Crippen LogP contribution in [0.5, 0.6) is 5.75 Å². The quantitative estimate of drug-likeness (QED) is 0.533. The highest BCUT2D eigenvalue weighted by Crippen LogP contribution is 2.33. The van der Waals surface area contributed by atoms with Crippen molar-refractivity contribution >= 4 is 40.5 Å². The van der Waals surface area contributed by atoms with E-state index in [0.29, 0.717) is 36.2 Å². The molecule has 1 amide bonds. The van der Waals surface area contributed by atoms with Gasteiger partial charge >= 0.3 is 0 Å². The van der Waals surface area contributed by atoms with Crippen LogP contribution in [-0.4, -0.2) is 63.2 Å². The molecule has 2 heterocycles. The van der Waals surface area contributed by atoms with Crippen molar-refractivity contribution in [2.75, 3.05) is 62.2 Å². The number of rotatable bonds is 9. The van der Waals surface area contributed by atoms with Gasteiger partial charge in [0.2, 0.25) is 5.91 Å². The van der Waals surface area contributed by atoms with E-state index in [2.05, 4.69) is 15.9 Å². The Balaban J connectivity index is 1.19. The lowest BCUT2D eigenvalue weighted by molar-refractivity contribution is -0.118. The van der Waals surface area contributed by atoms with E-state index >= 15 is 0 Å². The Morgan fingerprint density at radius 3 is 2.55 bits per heavy atom. The number of nitrogens with zero attached hydrogens (tertiary/aromatic N) is 3. The number of anilines is 2. The van der Waals surface area contributed by atoms with Crippen molar-refractivity contribution in [3.05, 3.63) is 52.0 Å². The SMILES string of the molecule is NCCN1C(=O)CCc2ccc(OCCCCN3CCN(c4cccc(Cl)c4Cl)CC3)cc21. The molecule has 4 rings (SSSR count). The summed E-state index contributed by atoms with van der Waals surface area (Å²) < 4.78 is 6.00. The molecule has 2 aliphatic rings. The number of piperazine rings is 1. The largest absolute Gasteiger partial charge is 0.494 e. The average Bonchev–Trinajstić information content (AvgIpc) is 2.83. The number of halogens is 2. The van der Waals surface area contributed by atoms with E-state index < -0.39 is 0 Å². The van der Waals surface area contributed by atoms with Crippen LogP contribution in [-0.2, 0) is 11.2 Å². The normalized spacial score (nSPS) is 16.8. The summed E-state index contributed by atoms with van der Waals surface area (Å²) in [6.45, 7) is 6.65. The lowest BCUT2D eigenvalue weighted by Gasteiger charge is -2.36. The number of unbranched alkanes of at least 4 members (excludes halogenated alkanes) is 1. The van der Waals surface area contributed by atoms with Crippen LogP contribution in [0.4, 0.5) is 11.4 Å². The summed E-state index contributed by atoms with van der Waals surface area (Å²) in [7, 11) is 0. The summed E-state index contributed by atoms with van der Waals surface area (Å²) in [6, 6.07) is 11.9. The van der Waals surface area contributed by atoms with Crippen molar-refractivity contribution in [3.63, 3.8) is 0 Å². The molecule has 1 fully saturated rings. The van der Waals surface area contributed by atoms with Crippen LogP contribution < -0.4 is 20.3 Å². The van der Waals surface area contributed by atoms with Crippen LogP contribution in [0.25, 0.3) is 0 Å². The number of nitrogens with two attached hydrogens (primary N) is 1. The fourth-order valence-electron chi connectivity index (χ4n) is 4.56. The molecule has 2 N–H and O–H groups in total. The Bertz CT molecular complexity index is 963. The van der Waals surface area contributed by atoms with Crippen molar-refractivity contribution in [3.8, 4) is 5.75 Å². The minimum absolute atomic E-state index is 0.142. The molecule has 0 aliphatic carbocycles. The second kappa shape index (κ2) is 11.4. The molecule has 1 saturated heterocycles. The monoisotopic (exact) mass is 490 g/mol. The molecule has 0 aromatic heterocycles. The van der Waals surface area contributed by atoms with Gasteiger partial charge < -0.3 is 20.3 Å². The maximum atomic E-state index is 12.2. The number of carbonyl (C=O) groups excluding carboxylic acids is 1. The van der Waals surface area contributed by atoms with Crippen molar-refractivity contribution in [2.45, 2.75) is 25.7 Å². The highest BCUT2D eigenvalue weighted by atomic mass is 35.5. The first-order valence-corrected chi connectivity index (χ1v) is 12.5. The molecule has 178 valence electrons. The number of aryl methyl sites for hydroxylation is 1. The van der Waals surface area contributed by atoms with Gasteiger partial charge in [-0.2, -0.15) is 0 Å². The second-order valence-corrected chi connectivity index (χ2v) is 9.37. The highest BCUT2D eigenvalue weighted by molar-refractivity contribution is 6.43. The number of benzene rings is 2. The number of ether oxygens (including phenoxy) is 1. The number of hydrogen-bond acceptors (Lipinski definition) is 5. The lowest BCUT2D eigenvalue weighted by atomic mass is 10.0. The Kier molecular flexibility index (Phi) is 8.36. The van der Waals surface area contributed by atoms with Gasteiger partial charge in [-0.3, -0.25) is 9.69 Å². The van der Waals surface area contributed by atoms with E-state index in [9.17, 15) is 4.79 Å². The summed E-state index contributed by atoms with van der Waals surface area (Å²) in [5, 5.41) is 1.25. The van der Waals surface area contributed by atoms with Crippen LogP contribution in [0.1, 0.15) is 24.8 Å². The topological polar surface area (TPSA) is 62.0 Å². The number of amides is 1. The van der Waals surface area contributed by atoms with Gasteiger partial charge in [0.15, 0.2) is 0 Å². The zero-order chi connectivity index (χ0) is 23.2. The number of hydrogen-bond donors (Lipinski definition) is 1. The van der Waals surface area contributed by atoms with Gasteiger partial charge in [0, 0.05) is 51.8 Å². The fraction of sp³-hybridized carbons (Fsp3) is 0.480. The van der Waals surface area contributed by atoms with E-state index in [1.165, 1.54) is 5.56 Å². The third kappa shape index (κ3) is 5.93. The molecule has 0 radical (unpaired) electrons. The molecule has 8 heteroatoms. The summed E-state index contributed by atoms with van der Waals surface area (Å²) in [5.41, 5.74) is 8.86. The Morgan fingerprint density at radius 2 is 1.76 bits per heavy atom. The predicted octanol–water partition coefficient (Wildman–Crippen LogP) is 4.21. The zero-order valence-electron chi connectivity index (χ0n) is 18.9. The minimum atomic E-state index is 0.142. The van der Waals surface area contributed by atoms with E-state index in [1.807, 2.05) is 30.3 Å². The molecular formula is C25H32Cl2N4O2. The molecule has 33 heavy (non-hydrogen) atoms. The van der Waals surface area contributed by atoms with Crippen LogP contribution in [0.15, 0.2) is 36.4 Å². The van der Waals surface area contributed by atoms with Gasteiger partial charge in [-0.15, -0.1) is 0 Å². The molecule has 0 spiro atoms. The molecule has 6 nitrogen and oxygen atoms in total. The molecule has 2 aromatic carbocycles.